The maximum absolute atomic E-state index is 10.1. The molecule has 1 aromatic carbocycles. The van der Waals surface area contributed by atoms with Gasteiger partial charge in [0.25, 0.3) is 0 Å². The predicted octanol–water partition coefficient (Wildman–Crippen LogP) is 5.01. The highest BCUT2D eigenvalue weighted by Crippen LogP contribution is 2.37. The first-order valence-electron chi connectivity index (χ1n) is 8.03. The molecule has 0 spiro atoms. The number of halogens is 2. The number of ether oxygens (including phenoxy) is 1. The Bertz CT molecular complexity index is 742. The first-order valence-corrected chi connectivity index (χ1v) is 8.78. The molecule has 1 heterocycles. The Kier molecular flexibility index (Phi) is 5.73. The quantitative estimate of drug-likeness (QED) is 0.729. The Hall–Kier alpha value is -0.965. The number of hydrogen-bond acceptors (Lipinski definition) is 3. The van der Waals surface area contributed by atoms with Crippen LogP contribution in [0.5, 0.6) is 5.75 Å². The second-order valence-electron chi connectivity index (χ2n) is 8.28. The molecule has 0 aliphatic rings. The molecule has 6 heteroatoms. The minimum absolute atomic E-state index is 0.0500. The zero-order valence-corrected chi connectivity index (χ0v) is 16.4. The van der Waals surface area contributed by atoms with Crippen LogP contribution in [0, 0.1) is 5.41 Å². The van der Waals surface area contributed by atoms with Crippen LogP contribution in [0.4, 0.5) is 0 Å². The average molecular weight is 368 g/mol. The molecule has 0 aliphatic heterocycles. The van der Waals surface area contributed by atoms with Crippen molar-refractivity contribution in [3.05, 3.63) is 33.9 Å². The Morgan fingerprint density at radius 2 is 1.83 bits per heavy atom. The van der Waals surface area contributed by atoms with E-state index in [1.807, 2.05) is 12.1 Å². The number of rotatable bonds is 6. The molecule has 0 saturated heterocycles. The zero-order chi connectivity index (χ0) is 18.1. The Labute approximate surface area is 154 Å². The number of pyridine rings is 1. The number of fused-ring (bicyclic) bond motifs is 1. The summed E-state index contributed by atoms with van der Waals surface area (Å²) in [5.74, 6) is -0.0500. The summed E-state index contributed by atoms with van der Waals surface area (Å²) in [5.41, 5.74) is 1.23. The molecule has 24 heavy (non-hydrogen) atoms. The zero-order valence-electron chi connectivity index (χ0n) is 14.9. The largest absolute Gasteiger partial charge is 0.504 e. The van der Waals surface area contributed by atoms with Gasteiger partial charge < -0.3 is 9.84 Å². The highest BCUT2D eigenvalue weighted by atomic mass is 35.5. The van der Waals surface area contributed by atoms with Crippen LogP contribution < -0.4 is 0 Å². The van der Waals surface area contributed by atoms with Gasteiger partial charge in [0, 0.05) is 5.39 Å². The van der Waals surface area contributed by atoms with Crippen molar-refractivity contribution in [2.45, 2.75) is 46.0 Å². The van der Waals surface area contributed by atoms with Gasteiger partial charge in [-0.05, 0) is 30.0 Å². The monoisotopic (exact) mass is 367 g/mol. The Morgan fingerprint density at radius 1 is 1.17 bits per heavy atom. The molecule has 1 aromatic heterocycles. The highest BCUT2D eigenvalue weighted by molar-refractivity contribution is 6.39. The van der Waals surface area contributed by atoms with Crippen LogP contribution in [0.25, 0.3) is 10.9 Å². The summed E-state index contributed by atoms with van der Waals surface area (Å²) >= 11 is 12.1. The lowest BCUT2D eigenvalue weighted by Gasteiger charge is -2.32. The van der Waals surface area contributed by atoms with E-state index in [2.05, 4.69) is 40.5 Å². The fraction of sp³-hybridized carbons (Fsp3) is 0.500. The normalized spacial score (nSPS) is 12.8. The number of benzene rings is 1. The van der Waals surface area contributed by atoms with E-state index in [0.717, 1.165) is 12.1 Å². The topological polar surface area (TPSA) is 42.4 Å². The lowest BCUT2D eigenvalue weighted by Crippen LogP contribution is -2.24. The van der Waals surface area contributed by atoms with Gasteiger partial charge in [-0.2, -0.15) is 0 Å². The molecule has 130 valence electrons. The summed E-state index contributed by atoms with van der Waals surface area (Å²) in [7, 11) is 2.23. The van der Waals surface area contributed by atoms with Crippen molar-refractivity contribution in [2.24, 2.45) is 5.41 Å². The fourth-order valence-corrected chi connectivity index (χ4v) is 3.76. The molecule has 2 rings (SSSR count). The molecule has 0 aliphatic carbocycles. The van der Waals surface area contributed by atoms with E-state index in [1.54, 1.807) is 0 Å². The minimum Gasteiger partial charge on any atom is -0.504 e. The Morgan fingerprint density at radius 3 is 2.46 bits per heavy atom. The van der Waals surface area contributed by atoms with Gasteiger partial charge in [0.1, 0.15) is 13.4 Å². The van der Waals surface area contributed by atoms with Crippen molar-refractivity contribution < 1.29 is 9.84 Å². The summed E-state index contributed by atoms with van der Waals surface area (Å²) in [4.78, 5) is 4.45. The SMILES string of the molecule is BC(C)(C)CC(C)(C)COCc1ccc2c(Cl)cc(Cl)c(O)c2n1. The van der Waals surface area contributed by atoms with Crippen LogP contribution >= 0.6 is 23.2 Å². The molecule has 0 fully saturated rings. The van der Waals surface area contributed by atoms with E-state index in [0.29, 0.717) is 29.1 Å². The molecular formula is C18H24BCl2NO2. The molecule has 0 bridgehead atoms. The van der Waals surface area contributed by atoms with Gasteiger partial charge in [0.05, 0.1) is 29.0 Å². The number of aromatic nitrogens is 1. The standard InChI is InChI=1S/C18H24BCl2NO2/c1-17(2,9-18(3,4)19)10-24-8-11-5-6-12-13(20)7-14(21)16(23)15(12)22-11/h5-7,23H,8-10,19H2,1-4H3. The number of phenols is 1. The van der Waals surface area contributed by atoms with Gasteiger partial charge in [-0.1, -0.05) is 56.2 Å². The molecule has 2 aromatic rings. The molecule has 0 unspecified atom stereocenters. The Balaban J connectivity index is 2.10. The van der Waals surface area contributed by atoms with Crippen molar-refractivity contribution in [3.63, 3.8) is 0 Å². The van der Waals surface area contributed by atoms with Crippen molar-refractivity contribution in [1.82, 2.24) is 4.98 Å². The summed E-state index contributed by atoms with van der Waals surface area (Å²) in [6, 6.07) is 5.21. The van der Waals surface area contributed by atoms with Gasteiger partial charge in [-0.25, -0.2) is 4.98 Å². The molecule has 0 saturated carbocycles. The van der Waals surface area contributed by atoms with E-state index in [1.165, 1.54) is 6.07 Å². The predicted molar refractivity (Wildman–Crippen MR) is 104 cm³/mol. The third kappa shape index (κ3) is 5.01. The van der Waals surface area contributed by atoms with Gasteiger partial charge in [-0.15, -0.1) is 0 Å². The minimum atomic E-state index is -0.0500. The van der Waals surface area contributed by atoms with Crippen molar-refractivity contribution >= 4 is 42.0 Å². The van der Waals surface area contributed by atoms with Crippen LogP contribution in [0.2, 0.25) is 15.4 Å². The third-order valence-corrected chi connectivity index (χ3v) is 4.27. The van der Waals surface area contributed by atoms with Crippen LogP contribution in [-0.2, 0) is 11.3 Å². The number of aromatic hydroxyl groups is 1. The lowest BCUT2D eigenvalue weighted by molar-refractivity contribution is 0.0410. The maximum atomic E-state index is 10.1. The summed E-state index contributed by atoms with van der Waals surface area (Å²) in [6.45, 7) is 9.90. The molecule has 1 N–H and O–H groups in total. The smallest absolute Gasteiger partial charge is 0.160 e. The molecule has 0 radical (unpaired) electrons. The van der Waals surface area contributed by atoms with E-state index in [4.69, 9.17) is 27.9 Å². The third-order valence-electron chi connectivity index (χ3n) is 3.67. The summed E-state index contributed by atoms with van der Waals surface area (Å²) < 4.78 is 5.87. The van der Waals surface area contributed by atoms with Crippen molar-refractivity contribution in [2.75, 3.05) is 6.61 Å². The van der Waals surface area contributed by atoms with Crippen molar-refractivity contribution in [3.8, 4) is 5.75 Å². The van der Waals surface area contributed by atoms with Crippen LogP contribution in [0.15, 0.2) is 18.2 Å². The lowest BCUT2D eigenvalue weighted by atomic mass is 9.64. The van der Waals surface area contributed by atoms with Crippen molar-refractivity contribution in [1.29, 1.82) is 0 Å². The van der Waals surface area contributed by atoms with E-state index < -0.39 is 0 Å². The molecule has 3 nitrogen and oxygen atoms in total. The molecular weight excluding hydrogens is 344 g/mol. The first-order chi connectivity index (χ1) is 11.0. The second-order valence-corrected chi connectivity index (χ2v) is 9.10. The van der Waals surface area contributed by atoms with E-state index in [-0.39, 0.29) is 21.5 Å². The molecule has 0 amide bonds. The van der Waals surface area contributed by atoms with Crippen LogP contribution in [0.1, 0.15) is 39.8 Å². The van der Waals surface area contributed by atoms with Gasteiger partial charge in [-0.3, -0.25) is 0 Å². The average Bonchev–Trinajstić information content (AvgIpc) is 2.42. The van der Waals surface area contributed by atoms with E-state index >= 15 is 0 Å². The van der Waals surface area contributed by atoms with Crippen LogP contribution in [0.3, 0.4) is 0 Å². The fourth-order valence-electron chi connectivity index (χ4n) is 3.24. The number of nitrogens with zero attached hydrogens (tertiary/aromatic N) is 1. The number of hydrogen-bond donors (Lipinski definition) is 1. The summed E-state index contributed by atoms with van der Waals surface area (Å²) in [6.07, 6.45) is 1.07. The van der Waals surface area contributed by atoms with E-state index in [9.17, 15) is 5.11 Å². The maximum Gasteiger partial charge on any atom is 0.160 e. The van der Waals surface area contributed by atoms with Gasteiger partial charge in [0.2, 0.25) is 0 Å². The summed E-state index contributed by atoms with van der Waals surface area (Å²) in [5, 5.41) is 11.7. The van der Waals surface area contributed by atoms with Gasteiger partial charge in [0.15, 0.2) is 5.75 Å². The molecule has 0 atom stereocenters. The first kappa shape index (κ1) is 19.4. The van der Waals surface area contributed by atoms with Gasteiger partial charge >= 0.3 is 0 Å². The number of phenolic OH excluding ortho intramolecular Hbond substituents is 1. The highest BCUT2D eigenvalue weighted by Gasteiger charge is 2.25. The second kappa shape index (κ2) is 7.11. The van der Waals surface area contributed by atoms with Crippen LogP contribution in [-0.4, -0.2) is 24.5 Å².